The molecule has 0 fully saturated rings. The van der Waals surface area contributed by atoms with Crippen LogP contribution in [0.3, 0.4) is 0 Å². The highest BCUT2D eigenvalue weighted by Gasteiger charge is 2.20. The molecular formula is C16H26N2O2. The number of carbonyl (C=O) groups is 1. The quantitative estimate of drug-likeness (QED) is 0.837. The lowest BCUT2D eigenvalue weighted by molar-refractivity contribution is 0.0518. The van der Waals surface area contributed by atoms with Gasteiger partial charge in [-0.05, 0) is 32.6 Å². The Labute approximate surface area is 121 Å². The molecule has 1 heterocycles. The van der Waals surface area contributed by atoms with Crippen molar-refractivity contribution >= 4 is 5.97 Å². The summed E-state index contributed by atoms with van der Waals surface area (Å²) >= 11 is 0. The first-order valence-electron chi connectivity index (χ1n) is 8.06. The van der Waals surface area contributed by atoms with Gasteiger partial charge < -0.3 is 4.74 Å². The molecular weight excluding hydrogens is 252 g/mol. The molecule has 0 unspecified atom stereocenters. The summed E-state index contributed by atoms with van der Waals surface area (Å²) < 4.78 is 5.10. The first-order chi connectivity index (χ1) is 9.83. The Morgan fingerprint density at radius 2 is 1.65 bits per heavy atom. The van der Waals surface area contributed by atoms with E-state index in [-0.39, 0.29) is 5.97 Å². The lowest BCUT2D eigenvalue weighted by Gasteiger charge is -2.08. The van der Waals surface area contributed by atoms with Crippen molar-refractivity contribution in [2.45, 2.75) is 71.1 Å². The highest BCUT2D eigenvalue weighted by atomic mass is 16.5. The van der Waals surface area contributed by atoms with Crippen LogP contribution >= 0.6 is 0 Å². The van der Waals surface area contributed by atoms with E-state index < -0.39 is 0 Å². The summed E-state index contributed by atoms with van der Waals surface area (Å²) in [6, 6.07) is 0. The third-order valence-electron chi connectivity index (χ3n) is 4.03. The topological polar surface area (TPSA) is 55.0 Å². The van der Waals surface area contributed by atoms with Crippen LogP contribution in [-0.4, -0.2) is 22.8 Å². The first kappa shape index (κ1) is 15.1. The highest BCUT2D eigenvalue weighted by molar-refractivity contribution is 5.89. The van der Waals surface area contributed by atoms with E-state index in [1.165, 1.54) is 44.9 Å². The van der Waals surface area contributed by atoms with E-state index in [9.17, 15) is 4.79 Å². The Hall–Kier alpha value is -1.32. The van der Waals surface area contributed by atoms with Gasteiger partial charge in [0.05, 0.1) is 6.61 Å². The molecule has 1 aromatic heterocycles. The molecule has 4 heteroatoms. The van der Waals surface area contributed by atoms with Gasteiger partial charge in [0.1, 0.15) is 0 Å². The number of nitrogens with zero attached hydrogens (tertiary/aromatic N) is 1. The maximum absolute atomic E-state index is 11.9. The van der Waals surface area contributed by atoms with Crippen LogP contribution in [0.15, 0.2) is 0 Å². The number of ether oxygens (including phenoxy) is 1. The van der Waals surface area contributed by atoms with Crippen molar-refractivity contribution in [2.75, 3.05) is 6.61 Å². The predicted molar refractivity (Wildman–Crippen MR) is 78.9 cm³/mol. The number of hydrogen-bond donors (Lipinski definition) is 1. The van der Waals surface area contributed by atoms with E-state index >= 15 is 0 Å². The smallest absolute Gasteiger partial charge is 0.359 e. The van der Waals surface area contributed by atoms with Gasteiger partial charge in [-0.1, -0.05) is 38.5 Å². The maximum Gasteiger partial charge on any atom is 0.359 e. The number of rotatable bonds is 2. The van der Waals surface area contributed by atoms with Crippen molar-refractivity contribution in [3.63, 3.8) is 0 Å². The summed E-state index contributed by atoms with van der Waals surface area (Å²) in [5, 5.41) is 7.27. The molecule has 0 spiro atoms. The Morgan fingerprint density at radius 1 is 1.05 bits per heavy atom. The van der Waals surface area contributed by atoms with Crippen molar-refractivity contribution < 1.29 is 9.53 Å². The van der Waals surface area contributed by atoms with Gasteiger partial charge in [-0.3, -0.25) is 5.10 Å². The molecule has 0 aliphatic heterocycles. The highest BCUT2D eigenvalue weighted by Crippen LogP contribution is 2.21. The number of aryl methyl sites for hydroxylation is 1. The van der Waals surface area contributed by atoms with Crippen molar-refractivity contribution in [1.29, 1.82) is 0 Å². The van der Waals surface area contributed by atoms with Gasteiger partial charge in [0.2, 0.25) is 0 Å². The summed E-state index contributed by atoms with van der Waals surface area (Å²) in [7, 11) is 0. The Bertz CT molecular complexity index is 426. The van der Waals surface area contributed by atoms with E-state index in [4.69, 9.17) is 4.74 Å². The Balaban J connectivity index is 2.11. The number of nitrogens with one attached hydrogen (secondary N) is 1. The zero-order chi connectivity index (χ0) is 14.2. The standard InChI is InChI=1S/C16H26N2O2/c1-2-20-16(19)15-13-11-9-7-5-3-4-6-8-10-12-14(13)17-18-15/h2-12H2,1H3,(H,17,18). The second-order valence-corrected chi connectivity index (χ2v) is 5.58. The first-order valence-corrected chi connectivity index (χ1v) is 8.06. The second kappa shape index (κ2) is 8.08. The van der Waals surface area contributed by atoms with Crippen LogP contribution in [0.2, 0.25) is 0 Å². The molecule has 0 saturated carbocycles. The molecule has 0 atom stereocenters. The summed E-state index contributed by atoms with van der Waals surface area (Å²) in [6.45, 7) is 2.23. The van der Waals surface area contributed by atoms with Gasteiger partial charge in [0, 0.05) is 11.3 Å². The van der Waals surface area contributed by atoms with Crippen LogP contribution in [0.5, 0.6) is 0 Å². The van der Waals surface area contributed by atoms with Crippen LogP contribution in [0, 0.1) is 0 Å². The van der Waals surface area contributed by atoms with Gasteiger partial charge >= 0.3 is 5.97 Å². The molecule has 0 radical (unpaired) electrons. The number of fused-ring (bicyclic) bond motifs is 1. The van der Waals surface area contributed by atoms with Gasteiger partial charge in [0.15, 0.2) is 5.69 Å². The number of aromatic amines is 1. The van der Waals surface area contributed by atoms with E-state index in [0.717, 1.165) is 30.5 Å². The Kier molecular flexibility index (Phi) is 6.09. The molecule has 0 saturated heterocycles. The van der Waals surface area contributed by atoms with E-state index in [1.54, 1.807) is 0 Å². The molecule has 1 aliphatic carbocycles. The van der Waals surface area contributed by atoms with E-state index in [0.29, 0.717) is 12.3 Å². The summed E-state index contributed by atoms with van der Waals surface area (Å²) in [4.78, 5) is 11.9. The third kappa shape index (κ3) is 4.09. The van der Waals surface area contributed by atoms with Crippen LogP contribution in [0.25, 0.3) is 0 Å². The molecule has 4 nitrogen and oxygen atoms in total. The normalized spacial score (nSPS) is 17.6. The van der Waals surface area contributed by atoms with Crippen molar-refractivity contribution in [3.8, 4) is 0 Å². The van der Waals surface area contributed by atoms with Gasteiger partial charge in [0.25, 0.3) is 0 Å². The van der Waals surface area contributed by atoms with Crippen molar-refractivity contribution in [3.05, 3.63) is 17.0 Å². The molecule has 0 aromatic carbocycles. The van der Waals surface area contributed by atoms with E-state index in [1.807, 2.05) is 6.92 Å². The van der Waals surface area contributed by atoms with Crippen molar-refractivity contribution in [2.24, 2.45) is 0 Å². The molecule has 112 valence electrons. The number of carbonyl (C=O) groups excluding carboxylic acids is 1. The SMILES string of the molecule is CCOC(=O)c1n[nH]c2c1CCCCCCCCCC2. The minimum atomic E-state index is -0.280. The largest absolute Gasteiger partial charge is 0.461 e. The zero-order valence-electron chi connectivity index (χ0n) is 12.5. The summed E-state index contributed by atoms with van der Waals surface area (Å²) in [5.41, 5.74) is 2.76. The fourth-order valence-electron chi connectivity index (χ4n) is 2.91. The number of H-pyrrole nitrogens is 1. The van der Waals surface area contributed by atoms with E-state index in [2.05, 4.69) is 10.2 Å². The fourth-order valence-corrected chi connectivity index (χ4v) is 2.91. The molecule has 20 heavy (non-hydrogen) atoms. The maximum atomic E-state index is 11.9. The monoisotopic (exact) mass is 278 g/mol. The van der Waals surface area contributed by atoms with Crippen LogP contribution in [0.4, 0.5) is 0 Å². The van der Waals surface area contributed by atoms with Gasteiger partial charge in [-0.2, -0.15) is 5.10 Å². The summed E-state index contributed by atoms with van der Waals surface area (Å²) in [5.74, 6) is -0.280. The third-order valence-corrected chi connectivity index (χ3v) is 4.03. The average Bonchev–Trinajstić information content (AvgIpc) is 2.82. The molecule has 1 N–H and O–H groups in total. The average molecular weight is 278 g/mol. The molecule has 0 bridgehead atoms. The minimum Gasteiger partial charge on any atom is -0.461 e. The van der Waals surface area contributed by atoms with Crippen LogP contribution in [0.1, 0.15) is 80.0 Å². The molecule has 1 aromatic rings. The van der Waals surface area contributed by atoms with Crippen LogP contribution in [-0.2, 0) is 17.6 Å². The van der Waals surface area contributed by atoms with Crippen molar-refractivity contribution in [1.82, 2.24) is 10.2 Å². The molecule has 2 rings (SSSR count). The predicted octanol–water partition coefficient (Wildman–Crippen LogP) is 3.81. The number of aromatic nitrogens is 2. The van der Waals surface area contributed by atoms with Crippen LogP contribution < -0.4 is 0 Å². The minimum absolute atomic E-state index is 0.280. The fraction of sp³-hybridized carbons (Fsp3) is 0.750. The Morgan fingerprint density at radius 3 is 2.30 bits per heavy atom. The zero-order valence-corrected chi connectivity index (χ0v) is 12.5. The lowest BCUT2D eigenvalue weighted by Crippen LogP contribution is -2.08. The second-order valence-electron chi connectivity index (χ2n) is 5.58. The number of hydrogen-bond acceptors (Lipinski definition) is 3. The lowest BCUT2D eigenvalue weighted by atomic mass is 9.98. The summed E-state index contributed by atoms with van der Waals surface area (Å²) in [6.07, 6.45) is 12.1. The van der Waals surface area contributed by atoms with Gasteiger partial charge in [-0.15, -0.1) is 0 Å². The number of esters is 1. The molecule has 0 amide bonds. The van der Waals surface area contributed by atoms with Gasteiger partial charge in [-0.25, -0.2) is 4.79 Å². The molecule has 1 aliphatic rings.